The summed E-state index contributed by atoms with van der Waals surface area (Å²) in [7, 11) is 0. The Kier molecular flexibility index (Phi) is 5.01. The monoisotopic (exact) mass is 317 g/mol. The zero-order valence-electron chi connectivity index (χ0n) is 12.0. The third kappa shape index (κ3) is 4.23. The van der Waals surface area contributed by atoms with E-state index in [9.17, 15) is 9.59 Å². The van der Waals surface area contributed by atoms with Crippen LogP contribution in [0.15, 0.2) is 48.5 Å². The van der Waals surface area contributed by atoms with E-state index in [1.165, 1.54) is 0 Å². The van der Waals surface area contributed by atoms with E-state index >= 15 is 0 Å². The van der Waals surface area contributed by atoms with Crippen LogP contribution in [0.1, 0.15) is 17.3 Å². The van der Waals surface area contributed by atoms with E-state index in [0.29, 0.717) is 16.3 Å². The van der Waals surface area contributed by atoms with Crippen LogP contribution in [0.25, 0.3) is 0 Å². The number of hydrogen-bond acceptors (Lipinski definition) is 3. The molecule has 0 aromatic heterocycles. The molecular weight excluding hydrogens is 302 g/mol. The predicted molar refractivity (Wildman–Crippen MR) is 88.1 cm³/mol. The Morgan fingerprint density at radius 2 is 1.77 bits per heavy atom. The van der Waals surface area contributed by atoms with Crippen molar-refractivity contribution in [3.8, 4) is 0 Å². The van der Waals surface area contributed by atoms with Gasteiger partial charge in [0.15, 0.2) is 0 Å². The fraction of sp³-hybridized carbons (Fsp3) is 0.125. The number of anilines is 2. The first-order valence-electron chi connectivity index (χ1n) is 6.68. The zero-order chi connectivity index (χ0) is 16.1. The fourth-order valence-corrected chi connectivity index (χ4v) is 2.05. The van der Waals surface area contributed by atoms with Gasteiger partial charge in [-0.25, -0.2) is 0 Å². The van der Waals surface area contributed by atoms with Crippen LogP contribution in [-0.4, -0.2) is 17.9 Å². The Bertz CT molecular complexity index is 686. The summed E-state index contributed by atoms with van der Waals surface area (Å²) < 4.78 is 0. The normalized spacial score (nSPS) is 11.5. The molecule has 0 saturated heterocycles. The molecule has 0 radical (unpaired) electrons. The third-order valence-electron chi connectivity index (χ3n) is 3.04. The highest BCUT2D eigenvalue weighted by atomic mass is 35.5. The van der Waals surface area contributed by atoms with Crippen molar-refractivity contribution >= 4 is 34.8 Å². The van der Waals surface area contributed by atoms with Gasteiger partial charge in [0, 0.05) is 22.0 Å². The Morgan fingerprint density at radius 3 is 2.36 bits per heavy atom. The summed E-state index contributed by atoms with van der Waals surface area (Å²) >= 11 is 5.87. The van der Waals surface area contributed by atoms with Gasteiger partial charge in [-0.1, -0.05) is 17.7 Å². The molecule has 0 aliphatic heterocycles. The summed E-state index contributed by atoms with van der Waals surface area (Å²) in [6.07, 6.45) is 0. The summed E-state index contributed by atoms with van der Waals surface area (Å²) in [6, 6.07) is 13.1. The van der Waals surface area contributed by atoms with Crippen LogP contribution in [0.4, 0.5) is 11.4 Å². The van der Waals surface area contributed by atoms with Crippen molar-refractivity contribution in [2.45, 2.75) is 13.0 Å². The first kappa shape index (κ1) is 15.9. The van der Waals surface area contributed by atoms with Crippen LogP contribution in [0.5, 0.6) is 0 Å². The van der Waals surface area contributed by atoms with Gasteiger partial charge in [0.25, 0.3) is 0 Å². The van der Waals surface area contributed by atoms with Crippen LogP contribution >= 0.6 is 11.6 Å². The van der Waals surface area contributed by atoms with E-state index in [2.05, 4.69) is 10.6 Å². The molecule has 2 aromatic carbocycles. The first-order valence-corrected chi connectivity index (χ1v) is 7.06. The van der Waals surface area contributed by atoms with E-state index in [0.717, 1.165) is 5.69 Å². The van der Waals surface area contributed by atoms with E-state index in [4.69, 9.17) is 17.3 Å². The van der Waals surface area contributed by atoms with E-state index in [-0.39, 0.29) is 5.91 Å². The van der Waals surface area contributed by atoms with Crippen LogP contribution in [-0.2, 0) is 4.79 Å². The Morgan fingerprint density at radius 1 is 1.09 bits per heavy atom. The van der Waals surface area contributed by atoms with Crippen molar-refractivity contribution in [3.05, 3.63) is 59.1 Å². The number of carbonyl (C=O) groups is 2. The molecule has 0 aliphatic carbocycles. The molecule has 22 heavy (non-hydrogen) atoms. The summed E-state index contributed by atoms with van der Waals surface area (Å²) in [5.74, 6) is -0.681. The number of carbonyl (C=O) groups excluding carboxylic acids is 2. The Balaban J connectivity index is 1.97. The van der Waals surface area contributed by atoms with E-state index < -0.39 is 11.9 Å². The molecule has 1 atom stereocenters. The van der Waals surface area contributed by atoms with Crippen molar-refractivity contribution in [2.24, 2.45) is 5.73 Å². The SMILES string of the molecule is C[C@@H](Nc1ccc(C(N)=O)cc1)C(=O)Nc1cccc(Cl)c1. The largest absolute Gasteiger partial charge is 0.374 e. The molecule has 2 aromatic rings. The average molecular weight is 318 g/mol. The molecule has 0 heterocycles. The number of rotatable bonds is 5. The van der Waals surface area contributed by atoms with Gasteiger partial charge in [0.2, 0.25) is 11.8 Å². The third-order valence-corrected chi connectivity index (χ3v) is 3.27. The molecule has 2 rings (SSSR count). The fourth-order valence-electron chi connectivity index (χ4n) is 1.86. The lowest BCUT2D eigenvalue weighted by molar-refractivity contribution is -0.116. The molecule has 0 unspecified atom stereocenters. The minimum atomic E-state index is -0.488. The van der Waals surface area contributed by atoms with Crippen molar-refractivity contribution in [2.75, 3.05) is 10.6 Å². The van der Waals surface area contributed by atoms with E-state index in [1.807, 2.05) is 0 Å². The topological polar surface area (TPSA) is 84.2 Å². The number of amides is 2. The lowest BCUT2D eigenvalue weighted by Crippen LogP contribution is -2.31. The summed E-state index contributed by atoms with van der Waals surface area (Å²) in [5, 5.41) is 6.37. The maximum absolute atomic E-state index is 12.1. The van der Waals surface area contributed by atoms with Gasteiger partial charge in [-0.15, -0.1) is 0 Å². The van der Waals surface area contributed by atoms with Crippen LogP contribution < -0.4 is 16.4 Å². The average Bonchev–Trinajstić information content (AvgIpc) is 2.47. The van der Waals surface area contributed by atoms with Crippen LogP contribution in [0, 0.1) is 0 Å². The van der Waals surface area contributed by atoms with Gasteiger partial charge in [-0.2, -0.15) is 0 Å². The molecular formula is C16H16ClN3O2. The standard InChI is InChI=1S/C16H16ClN3O2/c1-10(16(22)20-14-4-2-3-12(17)9-14)19-13-7-5-11(6-8-13)15(18)21/h2-10,19H,1H3,(H2,18,21)(H,20,22)/t10-/m1/s1. The minimum Gasteiger partial charge on any atom is -0.374 e. The van der Waals surface area contributed by atoms with Crippen LogP contribution in [0.2, 0.25) is 5.02 Å². The van der Waals surface area contributed by atoms with Gasteiger partial charge < -0.3 is 16.4 Å². The van der Waals surface area contributed by atoms with Gasteiger partial charge in [-0.05, 0) is 49.4 Å². The molecule has 0 spiro atoms. The zero-order valence-corrected chi connectivity index (χ0v) is 12.7. The van der Waals surface area contributed by atoms with E-state index in [1.54, 1.807) is 55.5 Å². The van der Waals surface area contributed by atoms with Gasteiger partial charge in [0.05, 0.1) is 0 Å². The minimum absolute atomic E-state index is 0.193. The number of primary amides is 1. The summed E-state index contributed by atoms with van der Waals surface area (Å²) in [6.45, 7) is 1.74. The maximum atomic E-state index is 12.1. The number of halogens is 1. The second-order valence-electron chi connectivity index (χ2n) is 4.81. The molecule has 4 N–H and O–H groups in total. The summed E-state index contributed by atoms with van der Waals surface area (Å²) in [4.78, 5) is 23.1. The van der Waals surface area contributed by atoms with Crippen LogP contribution in [0.3, 0.4) is 0 Å². The molecule has 0 saturated carbocycles. The maximum Gasteiger partial charge on any atom is 0.248 e. The Hall–Kier alpha value is -2.53. The smallest absolute Gasteiger partial charge is 0.248 e. The number of nitrogens with one attached hydrogen (secondary N) is 2. The quantitative estimate of drug-likeness (QED) is 0.792. The highest BCUT2D eigenvalue weighted by Crippen LogP contribution is 2.16. The molecule has 6 heteroatoms. The highest BCUT2D eigenvalue weighted by Gasteiger charge is 2.13. The number of nitrogens with two attached hydrogens (primary N) is 1. The predicted octanol–water partition coefficient (Wildman–Crippen LogP) is 2.88. The molecule has 114 valence electrons. The van der Waals surface area contributed by atoms with Gasteiger partial charge in [-0.3, -0.25) is 9.59 Å². The lowest BCUT2D eigenvalue weighted by Gasteiger charge is -2.15. The molecule has 0 bridgehead atoms. The first-order chi connectivity index (χ1) is 10.5. The molecule has 0 fully saturated rings. The van der Waals surface area contributed by atoms with Crippen molar-refractivity contribution in [3.63, 3.8) is 0 Å². The van der Waals surface area contributed by atoms with Gasteiger partial charge in [0.1, 0.15) is 6.04 Å². The highest BCUT2D eigenvalue weighted by molar-refractivity contribution is 6.30. The van der Waals surface area contributed by atoms with Crippen molar-refractivity contribution in [1.29, 1.82) is 0 Å². The molecule has 2 amide bonds. The molecule has 0 aliphatic rings. The molecule has 5 nitrogen and oxygen atoms in total. The second-order valence-corrected chi connectivity index (χ2v) is 5.24. The second kappa shape index (κ2) is 6.95. The van der Waals surface area contributed by atoms with Crippen molar-refractivity contribution in [1.82, 2.24) is 0 Å². The number of hydrogen-bond donors (Lipinski definition) is 3. The summed E-state index contributed by atoms with van der Waals surface area (Å²) in [5.41, 5.74) is 6.95. The van der Waals surface area contributed by atoms with Crippen molar-refractivity contribution < 1.29 is 9.59 Å². The number of benzene rings is 2. The lowest BCUT2D eigenvalue weighted by atomic mass is 10.2. The van der Waals surface area contributed by atoms with Gasteiger partial charge >= 0.3 is 0 Å². The Labute approximate surface area is 133 Å².